The van der Waals surface area contributed by atoms with Crippen molar-refractivity contribution in [2.75, 3.05) is 0 Å². The average Bonchev–Trinajstić information content (AvgIpc) is 2.41. The van der Waals surface area contributed by atoms with Crippen molar-refractivity contribution in [2.45, 2.75) is 11.8 Å². The molecule has 0 spiro atoms. The third kappa shape index (κ3) is 1.86. The Labute approximate surface area is 98.6 Å². The van der Waals surface area contributed by atoms with E-state index in [0.717, 1.165) is 10.2 Å². The van der Waals surface area contributed by atoms with Crippen LogP contribution in [0.2, 0.25) is 0 Å². The van der Waals surface area contributed by atoms with Gasteiger partial charge in [-0.1, -0.05) is 0 Å². The lowest BCUT2D eigenvalue weighted by Crippen LogP contribution is -1.97. The summed E-state index contributed by atoms with van der Waals surface area (Å²) < 4.78 is 24.2. The minimum atomic E-state index is -3.76. The molecular weight excluding hydrogens is 306 g/mol. The first-order valence-electron chi connectivity index (χ1n) is 3.85. The zero-order chi connectivity index (χ0) is 11.2. The highest BCUT2D eigenvalue weighted by Gasteiger charge is 2.14. The lowest BCUT2D eigenvalue weighted by molar-refractivity contribution is 0.608. The smallest absolute Gasteiger partial charge is 0.235 e. The predicted molar refractivity (Wildman–Crippen MR) is 58.5 cm³/mol. The fraction of sp³-hybridized carbons (Fsp3) is 0.143. The van der Waals surface area contributed by atoms with Crippen LogP contribution in [0.25, 0.3) is 5.65 Å². The van der Waals surface area contributed by atoms with Gasteiger partial charge in [-0.25, -0.2) is 17.9 Å². The second kappa shape index (κ2) is 3.43. The van der Waals surface area contributed by atoms with Crippen molar-refractivity contribution in [2.24, 2.45) is 0 Å². The highest BCUT2D eigenvalue weighted by molar-refractivity contribution is 9.10. The molecule has 0 amide bonds. The number of hydrogen-bond donors (Lipinski definition) is 0. The first-order valence-corrected chi connectivity index (χ1v) is 6.95. The third-order valence-electron chi connectivity index (χ3n) is 1.83. The molecule has 80 valence electrons. The van der Waals surface area contributed by atoms with Gasteiger partial charge in [0.25, 0.3) is 9.05 Å². The molecule has 15 heavy (non-hydrogen) atoms. The molecule has 0 radical (unpaired) electrons. The van der Waals surface area contributed by atoms with Crippen LogP contribution in [0.4, 0.5) is 0 Å². The van der Waals surface area contributed by atoms with Crippen LogP contribution < -0.4 is 0 Å². The number of hydrogen-bond acceptors (Lipinski definition) is 4. The summed E-state index contributed by atoms with van der Waals surface area (Å²) in [6.07, 6.45) is 2.52. The Kier molecular flexibility index (Phi) is 2.48. The summed E-state index contributed by atoms with van der Waals surface area (Å²) in [4.78, 5) is 3.88. The van der Waals surface area contributed by atoms with Crippen LogP contribution in [-0.2, 0) is 9.05 Å². The van der Waals surface area contributed by atoms with Gasteiger partial charge in [-0.15, -0.1) is 0 Å². The van der Waals surface area contributed by atoms with Crippen LogP contribution in [0.15, 0.2) is 21.8 Å². The maximum absolute atomic E-state index is 11.0. The molecule has 0 aromatic carbocycles. The van der Waals surface area contributed by atoms with Crippen LogP contribution in [0.3, 0.4) is 0 Å². The molecule has 2 rings (SSSR count). The topological polar surface area (TPSA) is 64.3 Å². The monoisotopic (exact) mass is 309 g/mol. The van der Waals surface area contributed by atoms with Crippen molar-refractivity contribution >= 4 is 41.3 Å². The largest absolute Gasteiger partial charge is 0.264 e. The number of fused-ring (bicyclic) bond motifs is 1. The quantitative estimate of drug-likeness (QED) is 0.753. The maximum atomic E-state index is 11.0. The third-order valence-corrected chi connectivity index (χ3v) is 4.07. The molecule has 2 aromatic heterocycles. The Hall–Kier alpha value is -0.660. The minimum absolute atomic E-state index is 0.0772. The van der Waals surface area contributed by atoms with Gasteiger partial charge in [0.1, 0.15) is 4.90 Å². The van der Waals surface area contributed by atoms with Gasteiger partial charge in [-0.2, -0.15) is 5.10 Å². The van der Waals surface area contributed by atoms with Crippen molar-refractivity contribution in [1.82, 2.24) is 14.6 Å². The maximum Gasteiger partial charge on any atom is 0.264 e. The Balaban J connectivity index is 2.78. The molecule has 0 aliphatic heterocycles. The fourth-order valence-electron chi connectivity index (χ4n) is 1.13. The van der Waals surface area contributed by atoms with Gasteiger partial charge >= 0.3 is 0 Å². The molecule has 0 bridgehead atoms. The van der Waals surface area contributed by atoms with Gasteiger partial charge in [0, 0.05) is 10.7 Å². The summed E-state index contributed by atoms with van der Waals surface area (Å²) in [7, 11) is 1.42. The van der Waals surface area contributed by atoms with Gasteiger partial charge < -0.3 is 0 Å². The standard InChI is InChI=1S/C7H5BrClN3O2S/c1-4-6(8)7-10-2-5(15(9,13)14)3-12(7)11-4/h2-3H,1H3. The van der Waals surface area contributed by atoms with Gasteiger partial charge in [0.2, 0.25) is 0 Å². The van der Waals surface area contributed by atoms with Crippen molar-refractivity contribution in [1.29, 1.82) is 0 Å². The summed E-state index contributed by atoms with van der Waals surface area (Å²) in [6.45, 7) is 1.79. The van der Waals surface area contributed by atoms with E-state index in [1.165, 1.54) is 16.9 Å². The van der Waals surface area contributed by atoms with Crippen molar-refractivity contribution in [3.05, 3.63) is 22.6 Å². The SMILES string of the molecule is Cc1nn2cc(S(=O)(=O)Cl)cnc2c1Br. The molecule has 5 nitrogen and oxygen atoms in total. The molecule has 2 heterocycles. The van der Waals surface area contributed by atoms with E-state index < -0.39 is 9.05 Å². The number of aryl methyl sites for hydroxylation is 1. The Bertz CT molecular complexity index is 637. The molecule has 0 saturated heterocycles. The van der Waals surface area contributed by atoms with Gasteiger partial charge in [-0.05, 0) is 22.9 Å². The fourth-order valence-corrected chi connectivity index (χ4v) is 2.13. The summed E-state index contributed by atoms with van der Waals surface area (Å²) >= 11 is 3.30. The van der Waals surface area contributed by atoms with Crippen LogP contribution in [0.1, 0.15) is 5.69 Å². The number of nitrogens with zero attached hydrogens (tertiary/aromatic N) is 3. The zero-order valence-corrected chi connectivity index (χ0v) is 10.6. The van der Waals surface area contributed by atoms with E-state index in [4.69, 9.17) is 10.7 Å². The zero-order valence-electron chi connectivity index (χ0n) is 7.48. The van der Waals surface area contributed by atoms with E-state index in [1.54, 1.807) is 6.92 Å². The van der Waals surface area contributed by atoms with E-state index >= 15 is 0 Å². The number of halogens is 2. The highest BCUT2D eigenvalue weighted by atomic mass is 79.9. The van der Waals surface area contributed by atoms with Crippen LogP contribution in [-0.4, -0.2) is 23.0 Å². The average molecular weight is 311 g/mol. The molecule has 0 N–H and O–H groups in total. The van der Waals surface area contributed by atoms with Crippen molar-refractivity contribution in [3.8, 4) is 0 Å². The molecular formula is C7H5BrClN3O2S. The van der Waals surface area contributed by atoms with Crippen molar-refractivity contribution < 1.29 is 8.42 Å². The second-order valence-corrected chi connectivity index (χ2v) is 6.25. The van der Waals surface area contributed by atoms with Gasteiger partial charge in [0.15, 0.2) is 5.65 Å². The summed E-state index contributed by atoms with van der Waals surface area (Å²) in [5.74, 6) is 0. The highest BCUT2D eigenvalue weighted by Crippen LogP contribution is 2.21. The van der Waals surface area contributed by atoms with E-state index in [2.05, 4.69) is 26.0 Å². The molecule has 2 aromatic rings. The molecule has 0 fully saturated rings. The van der Waals surface area contributed by atoms with E-state index in [0.29, 0.717) is 5.65 Å². The first-order chi connectivity index (χ1) is 6.89. The Morgan fingerprint density at radius 1 is 1.53 bits per heavy atom. The second-order valence-electron chi connectivity index (χ2n) is 2.90. The first kappa shape index (κ1) is 10.8. The predicted octanol–water partition coefficient (Wildman–Crippen LogP) is 1.73. The normalized spacial score (nSPS) is 12.2. The summed E-state index contributed by atoms with van der Waals surface area (Å²) in [5.41, 5.74) is 1.28. The molecule has 0 saturated carbocycles. The van der Waals surface area contributed by atoms with Gasteiger partial charge in [-0.3, -0.25) is 0 Å². The summed E-state index contributed by atoms with van der Waals surface area (Å²) in [5, 5.41) is 4.07. The lowest BCUT2D eigenvalue weighted by Gasteiger charge is -1.96. The molecule has 0 aliphatic carbocycles. The Morgan fingerprint density at radius 3 is 2.80 bits per heavy atom. The molecule has 0 aliphatic rings. The van der Waals surface area contributed by atoms with E-state index in [-0.39, 0.29) is 4.90 Å². The molecule has 0 atom stereocenters. The summed E-state index contributed by atoms with van der Waals surface area (Å²) in [6, 6.07) is 0. The number of aromatic nitrogens is 3. The molecule has 0 unspecified atom stereocenters. The van der Waals surface area contributed by atoms with E-state index in [9.17, 15) is 8.42 Å². The van der Waals surface area contributed by atoms with Crippen molar-refractivity contribution in [3.63, 3.8) is 0 Å². The van der Waals surface area contributed by atoms with Crippen LogP contribution >= 0.6 is 26.6 Å². The van der Waals surface area contributed by atoms with E-state index in [1.807, 2.05) is 0 Å². The Morgan fingerprint density at radius 2 is 2.20 bits per heavy atom. The molecule has 8 heteroatoms. The van der Waals surface area contributed by atoms with Crippen LogP contribution in [0, 0.1) is 6.92 Å². The van der Waals surface area contributed by atoms with Crippen LogP contribution in [0.5, 0.6) is 0 Å². The number of rotatable bonds is 1. The van der Waals surface area contributed by atoms with Gasteiger partial charge in [0.05, 0.1) is 22.6 Å². The lowest BCUT2D eigenvalue weighted by atomic mass is 10.5. The minimum Gasteiger partial charge on any atom is -0.235 e.